The number of nitrogens with one attached hydrogen (secondary N) is 2. The van der Waals surface area contributed by atoms with E-state index in [-0.39, 0.29) is 10.7 Å². The van der Waals surface area contributed by atoms with Crippen LogP contribution in [0.15, 0.2) is 83.9 Å². The van der Waals surface area contributed by atoms with Crippen LogP contribution in [0.5, 0.6) is 0 Å². The molecule has 0 spiro atoms. The van der Waals surface area contributed by atoms with Gasteiger partial charge >= 0.3 is 0 Å². The molecule has 0 bridgehead atoms. The second-order valence-electron chi connectivity index (χ2n) is 7.67. The minimum absolute atomic E-state index is 0.0307. The maximum Gasteiger partial charge on any atom is 0.238 e. The van der Waals surface area contributed by atoms with Gasteiger partial charge in [-0.1, -0.05) is 67.6 Å². The van der Waals surface area contributed by atoms with Crippen LogP contribution >= 0.6 is 0 Å². The van der Waals surface area contributed by atoms with E-state index in [1.165, 1.54) is 17.7 Å². The lowest BCUT2D eigenvalue weighted by atomic mass is 9.96. The first-order valence-electron chi connectivity index (χ1n) is 10.4. The summed E-state index contributed by atoms with van der Waals surface area (Å²) in [4.78, 5) is 17.0. The summed E-state index contributed by atoms with van der Waals surface area (Å²) in [6.07, 6.45) is 2.66. The molecular weight excluding hydrogens is 422 g/mol. The number of para-hydroxylation sites is 1. The number of primary sulfonamides is 1. The van der Waals surface area contributed by atoms with E-state index in [1.54, 1.807) is 18.3 Å². The van der Waals surface area contributed by atoms with E-state index in [0.29, 0.717) is 12.1 Å². The van der Waals surface area contributed by atoms with Crippen molar-refractivity contribution in [3.8, 4) is 0 Å². The number of hydrogen-bond acceptors (Lipinski definition) is 4. The van der Waals surface area contributed by atoms with Gasteiger partial charge in [0.2, 0.25) is 10.0 Å². The highest BCUT2D eigenvalue weighted by atomic mass is 32.2. The van der Waals surface area contributed by atoms with Crippen molar-refractivity contribution in [3.63, 3.8) is 0 Å². The van der Waals surface area contributed by atoms with E-state index in [4.69, 9.17) is 5.14 Å². The van der Waals surface area contributed by atoms with Gasteiger partial charge < -0.3 is 4.98 Å². The van der Waals surface area contributed by atoms with Gasteiger partial charge in [-0.15, -0.1) is 0 Å². The molecule has 0 saturated heterocycles. The number of sulfonamides is 1. The summed E-state index contributed by atoms with van der Waals surface area (Å²) in [5, 5.41) is 9.43. The normalized spacial score (nSPS) is 12.7. The van der Waals surface area contributed by atoms with Crippen LogP contribution in [0.1, 0.15) is 40.0 Å². The molecule has 1 heterocycles. The van der Waals surface area contributed by atoms with E-state index < -0.39 is 16.1 Å². The fourth-order valence-electron chi connectivity index (χ4n) is 3.90. The van der Waals surface area contributed by atoms with Crippen LogP contribution in [-0.2, 0) is 23.0 Å². The summed E-state index contributed by atoms with van der Waals surface area (Å²) in [6.45, 7) is 2.48. The quantitative estimate of drug-likeness (QED) is 0.354. The standard InChI is InChI=1S/C25H25N3O3S/c1-2-18-9-6-10-21-22(16-28-23(18)21)25(29)24(19-7-4-3-5-8-19)27-15-17-11-13-20(14-12-17)32(26,30)31/h3-14,16,24,27-28H,2,15H2,1H3,(H2,26,30,31). The smallest absolute Gasteiger partial charge is 0.238 e. The van der Waals surface area contributed by atoms with Crippen LogP contribution in [0, 0.1) is 0 Å². The van der Waals surface area contributed by atoms with Gasteiger partial charge in [-0.3, -0.25) is 10.1 Å². The van der Waals surface area contributed by atoms with Gasteiger partial charge in [0, 0.05) is 29.2 Å². The Morgan fingerprint density at radius 3 is 2.38 bits per heavy atom. The summed E-state index contributed by atoms with van der Waals surface area (Å²) in [7, 11) is -3.74. The van der Waals surface area contributed by atoms with Gasteiger partial charge in [-0.25, -0.2) is 13.6 Å². The van der Waals surface area contributed by atoms with Gasteiger partial charge in [0.15, 0.2) is 5.78 Å². The molecule has 164 valence electrons. The van der Waals surface area contributed by atoms with Gasteiger partial charge in [0.05, 0.1) is 10.9 Å². The molecule has 4 rings (SSSR count). The zero-order valence-electron chi connectivity index (χ0n) is 17.7. The SMILES string of the molecule is CCc1cccc2c(C(=O)C(NCc3ccc(S(N)(=O)=O)cc3)c3ccccc3)c[nH]c12. The van der Waals surface area contributed by atoms with Crippen molar-refractivity contribution in [2.75, 3.05) is 0 Å². The summed E-state index contributed by atoms with van der Waals surface area (Å²) < 4.78 is 23.0. The molecule has 0 aliphatic rings. The van der Waals surface area contributed by atoms with E-state index in [0.717, 1.165) is 28.5 Å². The van der Waals surface area contributed by atoms with Crippen molar-refractivity contribution in [3.05, 3.63) is 101 Å². The van der Waals surface area contributed by atoms with Crippen molar-refractivity contribution in [2.24, 2.45) is 5.14 Å². The lowest BCUT2D eigenvalue weighted by Gasteiger charge is -2.18. The third kappa shape index (κ3) is 4.50. The molecule has 1 aromatic heterocycles. The first-order valence-corrected chi connectivity index (χ1v) is 12.0. The molecule has 0 aliphatic heterocycles. The second kappa shape index (κ2) is 9.08. The Morgan fingerprint density at radius 2 is 1.72 bits per heavy atom. The second-order valence-corrected chi connectivity index (χ2v) is 9.23. The first-order chi connectivity index (χ1) is 15.4. The average molecular weight is 448 g/mol. The van der Waals surface area contributed by atoms with E-state index in [2.05, 4.69) is 23.3 Å². The number of rotatable bonds is 8. The molecule has 0 fully saturated rings. The predicted octanol–water partition coefficient (Wildman–Crippen LogP) is 4.09. The summed E-state index contributed by atoms with van der Waals surface area (Å²) in [5.74, 6) is -0.0307. The molecule has 1 atom stereocenters. The Kier molecular flexibility index (Phi) is 6.23. The zero-order valence-corrected chi connectivity index (χ0v) is 18.5. The first kappa shape index (κ1) is 22.0. The number of Topliss-reactive ketones (excluding diaryl/α,β-unsaturated/α-hetero) is 1. The Labute approximate surface area is 187 Å². The van der Waals surface area contributed by atoms with Crippen LogP contribution in [0.2, 0.25) is 0 Å². The Balaban J connectivity index is 1.64. The number of aromatic nitrogens is 1. The van der Waals surface area contributed by atoms with Crippen molar-refractivity contribution in [2.45, 2.75) is 30.8 Å². The third-order valence-electron chi connectivity index (χ3n) is 5.61. The zero-order chi connectivity index (χ0) is 22.7. The summed E-state index contributed by atoms with van der Waals surface area (Å²) in [5.41, 5.74) is 4.50. The van der Waals surface area contributed by atoms with Gasteiger partial charge in [-0.2, -0.15) is 0 Å². The predicted molar refractivity (Wildman–Crippen MR) is 126 cm³/mol. The number of nitrogens with two attached hydrogens (primary N) is 1. The summed E-state index contributed by atoms with van der Waals surface area (Å²) >= 11 is 0. The number of fused-ring (bicyclic) bond motifs is 1. The van der Waals surface area contributed by atoms with Crippen LogP contribution in [0.3, 0.4) is 0 Å². The molecule has 7 heteroatoms. The minimum atomic E-state index is -3.74. The number of hydrogen-bond donors (Lipinski definition) is 3. The molecule has 0 amide bonds. The van der Waals surface area contributed by atoms with E-state index in [1.807, 2.05) is 42.5 Å². The van der Waals surface area contributed by atoms with Crippen molar-refractivity contribution in [1.82, 2.24) is 10.3 Å². The van der Waals surface area contributed by atoms with E-state index in [9.17, 15) is 13.2 Å². The molecule has 1 unspecified atom stereocenters. The molecule has 6 nitrogen and oxygen atoms in total. The Hall–Kier alpha value is -3.26. The molecule has 0 radical (unpaired) electrons. The molecule has 0 aliphatic carbocycles. The molecule has 4 N–H and O–H groups in total. The van der Waals surface area contributed by atoms with Crippen LogP contribution in [0.25, 0.3) is 10.9 Å². The highest BCUT2D eigenvalue weighted by molar-refractivity contribution is 7.89. The lowest BCUT2D eigenvalue weighted by molar-refractivity contribution is 0.0943. The van der Waals surface area contributed by atoms with Crippen molar-refractivity contribution < 1.29 is 13.2 Å². The number of carbonyl (C=O) groups is 1. The lowest BCUT2D eigenvalue weighted by Crippen LogP contribution is -2.28. The number of carbonyl (C=O) groups excluding carboxylic acids is 1. The number of ketones is 1. The molecular formula is C25H25N3O3S. The summed E-state index contributed by atoms with van der Waals surface area (Å²) in [6, 6.07) is 21.3. The fraction of sp³-hybridized carbons (Fsp3) is 0.160. The van der Waals surface area contributed by atoms with E-state index >= 15 is 0 Å². The average Bonchev–Trinajstić information content (AvgIpc) is 3.24. The number of aryl methyl sites for hydroxylation is 1. The highest BCUT2D eigenvalue weighted by Crippen LogP contribution is 2.27. The van der Waals surface area contributed by atoms with Gasteiger partial charge in [-0.05, 0) is 35.2 Å². The monoisotopic (exact) mass is 447 g/mol. The maximum atomic E-state index is 13.6. The molecule has 3 aromatic carbocycles. The minimum Gasteiger partial charge on any atom is -0.360 e. The fourth-order valence-corrected chi connectivity index (χ4v) is 4.41. The van der Waals surface area contributed by atoms with Crippen molar-refractivity contribution >= 4 is 26.7 Å². The molecule has 4 aromatic rings. The van der Waals surface area contributed by atoms with Gasteiger partial charge in [0.25, 0.3) is 0 Å². The largest absolute Gasteiger partial charge is 0.360 e. The Bertz CT molecular complexity index is 1340. The number of H-pyrrole nitrogens is 1. The maximum absolute atomic E-state index is 13.6. The highest BCUT2D eigenvalue weighted by Gasteiger charge is 2.24. The molecule has 0 saturated carbocycles. The topological polar surface area (TPSA) is 105 Å². The number of aromatic amines is 1. The Morgan fingerprint density at radius 1 is 1.00 bits per heavy atom. The van der Waals surface area contributed by atoms with Crippen LogP contribution < -0.4 is 10.5 Å². The van der Waals surface area contributed by atoms with Gasteiger partial charge in [0.1, 0.15) is 0 Å². The van der Waals surface area contributed by atoms with Crippen LogP contribution in [-0.4, -0.2) is 19.2 Å². The van der Waals surface area contributed by atoms with Crippen molar-refractivity contribution in [1.29, 1.82) is 0 Å². The number of benzene rings is 3. The molecule has 32 heavy (non-hydrogen) atoms. The third-order valence-corrected chi connectivity index (χ3v) is 6.53. The van der Waals surface area contributed by atoms with Crippen LogP contribution in [0.4, 0.5) is 0 Å².